The van der Waals surface area contributed by atoms with Crippen LogP contribution in [0.2, 0.25) is 0 Å². The lowest BCUT2D eigenvalue weighted by molar-refractivity contribution is -0.157. The first-order valence-corrected chi connectivity index (χ1v) is 3.55. The van der Waals surface area contributed by atoms with E-state index in [4.69, 9.17) is 10.8 Å². The Labute approximate surface area is 73.9 Å². The highest BCUT2D eigenvalue weighted by molar-refractivity contribution is 5.80. The van der Waals surface area contributed by atoms with Crippen molar-refractivity contribution in [1.29, 1.82) is 0 Å². The van der Waals surface area contributed by atoms with Gasteiger partial charge in [0.25, 0.3) is 0 Å². The quantitative estimate of drug-likeness (QED) is 0.592. The molecule has 6 nitrogen and oxygen atoms in total. The summed E-state index contributed by atoms with van der Waals surface area (Å²) in [6.45, 7) is 2.60. The molecule has 1 rings (SSSR count). The normalized spacial score (nSPS) is 15.3. The van der Waals surface area contributed by atoms with Crippen molar-refractivity contribution in [3.8, 4) is 0 Å². The van der Waals surface area contributed by atoms with E-state index in [1.54, 1.807) is 0 Å². The van der Waals surface area contributed by atoms with E-state index in [1.807, 2.05) is 0 Å². The van der Waals surface area contributed by atoms with Gasteiger partial charge in [-0.25, -0.2) is 4.79 Å². The number of aryl methyl sites for hydroxylation is 1. The predicted molar refractivity (Wildman–Crippen MR) is 42.9 cm³/mol. The first kappa shape index (κ1) is 9.53. The van der Waals surface area contributed by atoms with Crippen LogP contribution in [0.5, 0.6) is 0 Å². The molecule has 0 aliphatic heterocycles. The van der Waals surface area contributed by atoms with Gasteiger partial charge in [0.05, 0.1) is 5.56 Å². The van der Waals surface area contributed by atoms with E-state index in [-0.39, 0.29) is 17.1 Å². The average Bonchev–Trinajstić information content (AvgIpc) is 2.30. The van der Waals surface area contributed by atoms with Gasteiger partial charge < -0.3 is 20.5 Å². The molecule has 0 bridgehead atoms. The van der Waals surface area contributed by atoms with Crippen LogP contribution in [0.25, 0.3) is 0 Å². The van der Waals surface area contributed by atoms with Crippen LogP contribution < -0.4 is 5.73 Å². The van der Waals surface area contributed by atoms with Gasteiger partial charge in [-0.3, -0.25) is 0 Å². The molecule has 1 heterocycles. The zero-order valence-corrected chi connectivity index (χ0v) is 7.24. The number of carbonyl (C=O) groups is 1. The molecule has 72 valence electrons. The minimum atomic E-state index is -2.06. The van der Waals surface area contributed by atoms with E-state index < -0.39 is 11.6 Å². The summed E-state index contributed by atoms with van der Waals surface area (Å²) in [5.41, 5.74) is 3.28. The lowest BCUT2D eigenvalue weighted by atomic mass is 9.96. The maximum Gasteiger partial charge on any atom is 0.340 e. The van der Waals surface area contributed by atoms with Gasteiger partial charge in [0.15, 0.2) is 11.4 Å². The van der Waals surface area contributed by atoms with Crippen LogP contribution in [0.1, 0.15) is 18.2 Å². The second kappa shape index (κ2) is 2.74. The van der Waals surface area contributed by atoms with Gasteiger partial charge in [-0.1, -0.05) is 5.16 Å². The number of rotatable bonds is 2. The Kier molecular flexibility index (Phi) is 2.01. The monoisotopic (exact) mass is 186 g/mol. The number of hydrogen-bond donors (Lipinski definition) is 3. The van der Waals surface area contributed by atoms with Gasteiger partial charge >= 0.3 is 5.97 Å². The molecule has 1 aromatic heterocycles. The molecule has 0 aliphatic carbocycles. The molecule has 13 heavy (non-hydrogen) atoms. The first-order valence-electron chi connectivity index (χ1n) is 3.55. The van der Waals surface area contributed by atoms with Gasteiger partial charge in [-0.2, -0.15) is 0 Å². The Hall–Kier alpha value is -1.56. The van der Waals surface area contributed by atoms with Gasteiger partial charge in [0, 0.05) is 0 Å². The summed E-state index contributed by atoms with van der Waals surface area (Å²) < 4.78 is 4.63. The summed E-state index contributed by atoms with van der Waals surface area (Å²) in [6, 6.07) is 0. The second-order valence-electron chi connectivity index (χ2n) is 2.88. The second-order valence-corrected chi connectivity index (χ2v) is 2.88. The van der Waals surface area contributed by atoms with Gasteiger partial charge in [-0.05, 0) is 13.8 Å². The molecule has 0 amide bonds. The van der Waals surface area contributed by atoms with E-state index in [0.717, 1.165) is 6.92 Å². The Bertz CT molecular complexity index is 323. The maximum atomic E-state index is 10.6. The average molecular weight is 186 g/mol. The summed E-state index contributed by atoms with van der Waals surface area (Å²) in [4.78, 5) is 10.6. The summed E-state index contributed by atoms with van der Waals surface area (Å²) in [6.07, 6.45) is 0. The zero-order chi connectivity index (χ0) is 10.2. The smallest absolute Gasteiger partial charge is 0.340 e. The molecule has 6 heteroatoms. The van der Waals surface area contributed by atoms with Gasteiger partial charge in [-0.15, -0.1) is 0 Å². The van der Waals surface area contributed by atoms with Crippen molar-refractivity contribution in [1.82, 2.24) is 5.16 Å². The number of aliphatic carboxylic acids is 1. The molecule has 1 atom stereocenters. The zero-order valence-electron chi connectivity index (χ0n) is 7.24. The number of carboxylic acid groups (broad SMARTS) is 1. The number of carboxylic acids is 1. The first-order chi connectivity index (χ1) is 5.87. The summed E-state index contributed by atoms with van der Waals surface area (Å²) in [7, 11) is 0. The minimum absolute atomic E-state index is 0.000000000000000444. The fourth-order valence-corrected chi connectivity index (χ4v) is 1.09. The largest absolute Gasteiger partial charge is 0.479 e. The van der Waals surface area contributed by atoms with E-state index in [2.05, 4.69) is 9.68 Å². The van der Waals surface area contributed by atoms with Crippen molar-refractivity contribution in [2.24, 2.45) is 0 Å². The molecular weight excluding hydrogens is 176 g/mol. The van der Waals surface area contributed by atoms with Gasteiger partial charge in [0.2, 0.25) is 0 Å². The van der Waals surface area contributed by atoms with E-state index in [9.17, 15) is 9.90 Å². The molecule has 0 aromatic carbocycles. The van der Waals surface area contributed by atoms with Crippen LogP contribution in [0, 0.1) is 6.92 Å². The van der Waals surface area contributed by atoms with Crippen molar-refractivity contribution in [2.75, 3.05) is 5.73 Å². The Morgan fingerprint density at radius 1 is 1.69 bits per heavy atom. The number of anilines is 1. The van der Waals surface area contributed by atoms with Crippen LogP contribution in [0.15, 0.2) is 4.52 Å². The van der Waals surface area contributed by atoms with Crippen LogP contribution in [0.4, 0.5) is 5.82 Å². The van der Waals surface area contributed by atoms with Crippen molar-refractivity contribution in [2.45, 2.75) is 19.4 Å². The number of aromatic nitrogens is 1. The Morgan fingerprint density at radius 2 is 2.23 bits per heavy atom. The summed E-state index contributed by atoms with van der Waals surface area (Å²) in [5, 5.41) is 21.6. The Balaban J connectivity index is 3.28. The highest BCUT2D eigenvalue weighted by Gasteiger charge is 2.38. The number of aliphatic hydroxyl groups is 1. The number of nitrogens with two attached hydrogens (primary N) is 1. The van der Waals surface area contributed by atoms with Crippen LogP contribution in [-0.2, 0) is 10.4 Å². The third-order valence-electron chi connectivity index (χ3n) is 1.79. The van der Waals surface area contributed by atoms with E-state index in [1.165, 1.54) is 6.92 Å². The predicted octanol–water partition coefficient (Wildman–Crippen LogP) is -0.143. The lowest BCUT2D eigenvalue weighted by Gasteiger charge is -2.16. The molecule has 1 aromatic rings. The molecule has 0 saturated heterocycles. The van der Waals surface area contributed by atoms with Gasteiger partial charge in [0.1, 0.15) is 5.76 Å². The fourth-order valence-electron chi connectivity index (χ4n) is 1.09. The van der Waals surface area contributed by atoms with Crippen molar-refractivity contribution in [3.05, 3.63) is 11.3 Å². The summed E-state index contributed by atoms with van der Waals surface area (Å²) in [5.74, 6) is -1.31. The highest BCUT2D eigenvalue weighted by Crippen LogP contribution is 2.28. The van der Waals surface area contributed by atoms with Crippen molar-refractivity contribution in [3.63, 3.8) is 0 Å². The van der Waals surface area contributed by atoms with Crippen molar-refractivity contribution < 1.29 is 19.5 Å². The molecular formula is C7H10N2O4. The number of nitrogen functional groups attached to an aromatic ring is 1. The molecule has 0 saturated carbocycles. The maximum absolute atomic E-state index is 10.6. The number of hydrogen-bond acceptors (Lipinski definition) is 5. The molecule has 4 N–H and O–H groups in total. The molecule has 0 aliphatic rings. The number of nitrogens with zero attached hydrogens (tertiary/aromatic N) is 1. The molecule has 0 fully saturated rings. The van der Waals surface area contributed by atoms with Crippen LogP contribution >= 0.6 is 0 Å². The molecule has 0 radical (unpaired) electrons. The SMILES string of the molecule is Cc1onc(N)c1C(C)(O)C(=O)O. The minimum Gasteiger partial charge on any atom is -0.479 e. The fraction of sp³-hybridized carbons (Fsp3) is 0.429. The van der Waals surface area contributed by atoms with Crippen molar-refractivity contribution >= 4 is 11.8 Å². The van der Waals surface area contributed by atoms with Crippen LogP contribution in [0.3, 0.4) is 0 Å². The lowest BCUT2D eigenvalue weighted by Crippen LogP contribution is -2.32. The topological polar surface area (TPSA) is 110 Å². The third kappa shape index (κ3) is 1.35. The third-order valence-corrected chi connectivity index (χ3v) is 1.79. The highest BCUT2D eigenvalue weighted by atomic mass is 16.5. The molecule has 0 spiro atoms. The molecule has 1 unspecified atom stereocenters. The van der Waals surface area contributed by atoms with E-state index >= 15 is 0 Å². The standard InChI is InChI=1S/C7H10N2O4/c1-3-4(5(8)9-13-3)7(2,12)6(10)11/h12H,1-2H3,(H2,8,9)(H,10,11). The van der Waals surface area contributed by atoms with Crippen LogP contribution in [-0.4, -0.2) is 21.3 Å². The Morgan fingerprint density at radius 3 is 2.54 bits per heavy atom. The summed E-state index contributed by atoms with van der Waals surface area (Å²) >= 11 is 0. The van der Waals surface area contributed by atoms with E-state index in [0.29, 0.717) is 0 Å².